The second-order valence-electron chi connectivity index (χ2n) is 4.57. The van der Waals surface area contributed by atoms with Crippen LogP contribution in [0.4, 0.5) is 10.5 Å². The van der Waals surface area contributed by atoms with E-state index in [4.69, 9.17) is 32.7 Å². The lowest BCUT2D eigenvalue weighted by molar-refractivity contribution is 0.0964. The first-order valence-electron chi connectivity index (χ1n) is 6.74. The van der Waals surface area contributed by atoms with Gasteiger partial charge in [0.15, 0.2) is 5.75 Å². The van der Waals surface area contributed by atoms with Gasteiger partial charge in [-0.05, 0) is 36.4 Å². The van der Waals surface area contributed by atoms with Crippen molar-refractivity contribution in [1.82, 2.24) is 5.32 Å². The molecule has 0 spiro atoms. The first-order valence-corrected chi connectivity index (χ1v) is 7.50. The van der Waals surface area contributed by atoms with E-state index in [1.807, 2.05) is 0 Å². The van der Waals surface area contributed by atoms with Crippen molar-refractivity contribution in [2.24, 2.45) is 0 Å². The maximum atomic E-state index is 12.3. The minimum absolute atomic E-state index is 0.0171. The number of hydrogen-bond donors (Lipinski definition) is 2. The van der Waals surface area contributed by atoms with Crippen LogP contribution < -0.4 is 20.1 Å². The van der Waals surface area contributed by atoms with Crippen molar-refractivity contribution in [1.29, 1.82) is 0 Å². The Morgan fingerprint density at radius 3 is 2.12 bits per heavy atom. The summed E-state index contributed by atoms with van der Waals surface area (Å²) in [4.78, 5) is 24.2. The number of nitrogens with one attached hydrogen (secondary N) is 2. The third-order valence-corrected chi connectivity index (χ3v) is 3.68. The molecule has 0 aliphatic rings. The molecule has 126 valence electrons. The Morgan fingerprint density at radius 1 is 0.917 bits per heavy atom. The van der Waals surface area contributed by atoms with E-state index >= 15 is 0 Å². The number of ether oxygens (including phenoxy) is 2. The number of carbonyl (C=O) groups excluding carboxylic acids is 2. The van der Waals surface area contributed by atoms with Crippen molar-refractivity contribution >= 4 is 40.8 Å². The van der Waals surface area contributed by atoms with E-state index < -0.39 is 11.9 Å². The molecule has 6 nitrogen and oxygen atoms in total. The summed E-state index contributed by atoms with van der Waals surface area (Å²) < 4.78 is 10.1. The summed E-state index contributed by atoms with van der Waals surface area (Å²) in [7, 11) is 2.89. The van der Waals surface area contributed by atoms with Gasteiger partial charge in [0.05, 0.1) is 24.3 Å². The summed E-state index contributed by atoms with van der Waals surface area (Å²) in [6, 6.07) is 8.84. The number of carbonyl (C=O) groups is 2. The number of amides is 3. The van der Waals surface area contributed by atoms with Gasteiger partial charge in [-0.25, -0.2) is 4.79 Å². The minimum atomic E-state index is -0.731. The van der Waals surface area contributed by atoms with Crippen molar-refractivity contribution in [2.45, 2.75) is 0 Å². The molecule has 2 rings (SSSR count). The van der Waals surface area contributed by atoms with Crippen molar-refractivity contribution in [3.63, 3.8) is 0 Å². The van der Waals surface area contributed by atoms with Crippen LogP contribution in [0, 0.1) is 0 Å². The van der Waals surface area contributed by atoms with Crippen LogP contribution in [-0.2, 0) is 0 Å². The molecule has 0 fully saturated rings. The van der Waals surface area contributed by atoms with Crippen LogP contribution in [0.25, 0.3) is 0 Å². The third-order valence-electron chi connectivity index (χ3n) is 3.06. The maximum absolute atomic E-state index is 12.3. The first-order chi connectivity index (χ1) is 11.5. The summed E-state index contributed by atoms with van der Waals surface area (Å²) in [5.41, 5.74) is 0.474. The lowest BCUT2D eigenvalue weighted by Crippen LogP contribution is -2.34. The van der Waals surface area contributed by atoms with Crippen LogP contribution >= 0.6 is 23.2 Å². The first kappa shape index (κ1) is 17.9. The highest BCUT2D eigenvalue weighted by atomic mass is 35.5. The van der Waals surface area contributed by atoms with Gasteiger partial charge in [-0.1, -0.05) is 23.2 Å². The standard InChI is InChI=1S/C16H14Cl2N2O4/c1-23-10-5-3-9(4-6-10)19-16(22)20-15(21)13-11(17)7-8-12(18)14(13)24-2/h3-8H,1-2H3,(H2,19,20,21,22). The molecule has 0 saturated carbocycles. The van der Waals surface area contributed by atoms with Gasteiger partial charge in [0.2, 0.25) is 0 Å². The molecule has 0 radical (unpaired) electrons. The fraction of sp³-hybridized carbons (Fsp3) is 0.125. The van der Waals surface area contributed by atoms with Gasteiger partial charge in [-0.15, -0.1) is 0 Å². The maximum Gasteiger partial charge on any atom is 0.326 e. The Bertz CT molecular complexity index is 763. The average Bonchev–Trinajstić information content (AvgIpc) is 2.57. The molecule has 0 unspecified atom stereocenters. The number of imide groups is 1. The van der Waals surface area contributed by atoms with Gasteiger partial charge in [0, 0.05) is 5.69 Å². The molecule has 0 aliphatic heterocycles. The monoisotopic (exact) mass is 368 g/mol. The fourth-order valence-corrected chi connectivity index (χ4v) is 2.42. The topological polar surface area (TPSA) is 76.7 Å². The molecule has 0 aliphatic carbocycles. The Hall–Kier alpha value is -2.44. The number of benzene rings is 2. The van der Waals surface area contributed by atoms with E-state index in [-0.39, 0.29) is 21.4 Å². The molecule has 2 aromatic carbocycles. The van der Waals surface area contributed by atoms with E-state index in [0.717, 1.165) is 0 Å². The second-order valence-corrected chi connectivity index (χ2v) is 5.39. The van der Waals surface area contributed by atoms with Crippen LogP contribution in [0.1, 0.15) is 10.4 Å². The second kappa shape index (κ2) is 7.90. The van der Waals surface area contributed by atoms with E-state index in [2.05, 4.69) is 10.6 Å². The smallest absolute Gasteiger partial charge is 0.326 e. The molecule has 2 aromatic rings. The highest BCUT2D eigenvalue weighted by Gasteiger charge is 2.21. The lowest BCUT2D eigenvalue weighted by Gasteiger charge is -2.12. The Kier molecular flexibility index (Phi) is 5.89. The normalized spacial score (nSPS) is 10.0. The van der Waals surface area contributed by atoms with Crippen molar-refractivity contribution in [3.05, 3.63) is 52.0 Å². The molecule has 24 heavy (non-hydrogen) atoms. The van der Waals surface area contributed by atoms with Crippen molar-refractivity contribution < 1.29 is 19.1 Å². The summed E-state index contributed by atoms with van der Waals surface area (Å²) >= 11 is 12.0. The van der Waals surface area contributed by atoms with Gasteiger partial charge < -0.3 is 14.8 Å². The highest BCUT2D eigenvalue weighted by Crippen LogP contribution is 2.33. The Labute approximate surface area is 148 Å². The van der Waals surface area contributed by atoms with Crippen molar-refractivity contribution in [2.75, 3.05) is 19.5 Å². The summed E-state index contributed by atoms with van der Waals surface area (Å²) in [6.45, 7) is 0. The third kappa shape index (κ3) is 4.10. The summed E-state index contributed by atoms with van der Waals surface area (Å²) in [6.07, 6.45) is 0. The van der Waals surface area contributed by atoms with E-state index in [0.29, 0.717) is 11.4 Å². The molecular weight excluding hydrogens is 355 g/mol. The molecule has 0 heterocycles. The lowest BCUT2D eigenvalue weighted by atomic mass is 10.2. The van der Waals surface area contributed by atoms with Gasteiger partial charge in [-0.3, -0.25) is 10.1 Å². The van der Waals surface area contributed by atoms with E-state index in [9.17, 15) is 9.59 Å². The Balaban J connectivity index is 2.11. The molecule has 0 aromatic heterocycles. The number of methoxy groups -OCH3 is 2. The number of hydrogen-bond acceptors (Lipinski definition) is 4. The minimum Gasteiger partial charge on any atom is -0.497 e. The van der Waals surface area contributed by atoms with Crippen LogP contribution in [-0.4, -0.2) is 26.2 Å². The molecule has 0 bridgehead atoms. The van der Waals surface area contributed by atoms with Gasteiger partial charge >= 0.3 is 6.03 Å². The van der Waals surface area contributed by atoms with Gasteiger partial charge in [0.25, 0.3) is 5.91 Å². The number of anilines is 1. The summed E-state index contributed by atoms with van der Waals surface area (Å²) in [5.74, 6) is 0.0109. The summed E-state index contributed by atoms with van der Waals surface area (Å²) in [5, 5.41) is 5.02. The molecule has 0 saturated heterocycles. The van der Waals surface area contributed by atoms with Gasteiger partial charge in [-0.2, -0.15) is 0 Å². The van der Waals surface area contributed by atoms with Gasteiger partial charge in [0.1, 0.15) is 11.3 Å². The SMILES string of the molecule is COc1ccc(NC(=O)NC(=O)c2c(Cl)ccc(Cl)c2OC)cc1. The van der Waals surface area contributed by atoms with Crippen LogP contribution in [0.2, 0.25) is 10.0 Å². The number of urea groups is 1. The van der Waals surface area contributed by atoms with Crippen LogP contribution in [0.5, 0.6) is 11.5 Å². The molecule has 0 atom stereocenters. The predicted molar refractivity (Wildman–Crippen MR) is 92.5 cm³/mol. The van der Waals surface area contributed by atoms with E-state index in [1.165, 1.54) is 26.4 Å². The largest absolute Gasteiger partial charge is 0.497 e. The molecular formula is C16H14Cl2N2O4. The zero-order valence-electron chi connectivity index (χ0n) is 12.9. The van der Waals surface area contributed by atoms with E-state index in [1.54, 1.807) is 24.3 Å². The Morgan fingerprint density at radius 2 is 1.54 bits per heavy atom. The molecule has 2 N–H and O–H groups in total. The fourth-order valence-electron chi connectivity index (χ4n) is 1.95. The molecule has 3 amide bonds. The van der Waals surface area contributed by atoms with Crippen LogP contribution in [0.15, 0.2) is 36.4 Å². The average molecular weight is 369 g/mol. The zero-order chi connectivity index (χ0) is 17.7. The molecule has 8 heteroatoms. The van der Waals surface area contributed by atoms with Crippen molar-refractivity contribution in [3.8, 4) is 11.5 Å². The zero-order valence-corrected chi connectivity index (χ0v) is 14.4. The number of rotatable bonds is 4. The predicted octanol–water partition coefficient (Wildman–Crippen LogP) is 3.97. The van der Waals surface area contributed by atoms with Crippen LogP contribution in [0.3, 0.4) is 0 Å². The quantitative estimate of drug-likeness (QED) is 0.855. The highest BCUT2D eigenvalue weighted by molar-refractivity contribution is 6.37. The number of halogens is 2.